The standard InChI is InChI=1S/C15H14BrN3/c1-3-11(9-17)15-18-10(2)8-14(19-15)12-6-4-5-7-13(12)16/h4-8,11H,3H2,1-2H3. The Labute approximate surface area is 121 Å². The van der Waals surface area contributed by atoms with Crippen LogP contribution < -0.4 is 0 Å². The van der Waals surface area contributed by atoms with Crippen LogP contribution in [0.4, 0.5) is 0 Å². The zero-order chi connectivity index (χ0) is 13.8. The SMILES string of the molecule is CCC(C#N)c1nc(C)cc(-c2ccccc2Br)n1. The highest BCUT2D eigenvalue weighted by atomic mass is 79.9. The predicted molar refractivity (Wildman–Crippen MR) is 78.6 cm³/mol. The number of hydrogen-bond donors (Lipinski definition) is 0. The van der Waals surface area contributed by atoms with Gasteiger partial charge in [-0.25, -0.2) is 9.97 Å². The zero-order valence-corrected chi connectivity index (χ0v) is 12.5. The van der Waals surface area contributed by atoms with Gasteiger partial charge in [0.25, 0.3) is 0 Å². The monoisotopic (exact) mass is 315 g/mol. The highest BCUT2D eigenvalue weighted by molar-refractivity contribution is 9.10. The third-order valence-electron chi connectivity index (χ3n) is 2.90. The van der Waals surface area contributed by atoms with E-state index in [9.17, 15) is 0 Å². The summed E-state index contributed by atoms with van der Waals surface area (Å²) in [5.41, 5.74) is 2.75. The lowest BCUT2D eigenvalue weighted by molar-refractivity contribution is 0.746. The molecule has 0 radical (unpaired) electrons. The van der Waals surface area contributed by atoms with E-state index in [-0.39, 0.29) is 5.92 Å². The number of halogens is 1. The summed E-state index contributed by atoms with van der Waals surface area (Å²) in [6.07, 6.45) is 0.718. The van der Waals surface area contributed by atoms with Crippen LogP contribution in [0.5, 0.6) is 0 Å². The lowest BCUT2D eigenvalue weighted by atomic mass is 10.1. The molecule has 0 fully saturated rings. The summed E-state index contributed by atoms with van der Waals surface area (Å²) in [5.74, 6) is 0.358. The molecule has 0 saturated carbocycles. The Bertz CT molecular complexity index is 632. The summed E-state index contributed by atoms with van der Waals surface area (Å²) in [6, 6.07) is 12.1. The fourth-order valence-electron chi connectivity index (χ4n) is 1.89. The number of nitrogens with zero attached hydrogens (tertiary/aromatic N) is 3. The molecule has 4 heteroatoms. The van der Waals surface area contributed by atoms with Crippen molar-refractivity contribution in [1.29, 1.82) is 5.26 Å². The molecule has 2 rings (SSSR count). The van der Waals surface area contributed by atoms with E-state index in [4.69, 9.17) is 5.26 Å². The molecule has 19 heavy (non-hydrogen) atoms. The van der Waals surface area contributed by atoms with Gasteiger partial charge in [0, 0.05) is 15.7 Å². The van der Waals surface area contributed by atoms with Crippen LogP contribution in [0.3, 0.4) is 0 Å². The minimum absolute atomic E-state index is 0.249. The molecule has 0 N–H and O–H groups in total. The summed E-state index contributed by atoms with van der Waals surface area (Å²) in [4.78, 5) is 8.93. The highest BCUT2D eigenvalue weighted by Gasteiger charge is 2.14. The Morgan fingerprint density at radius 2 is 2.05 bits per heavy atom. The minimum Gasteiger partial charge on any atom is -0.237 e. The third kappa shape index (κ3) is 2.99. The maximum Gasteiger partial charge on any atom is 0.146 e. The van der Waals surface area contributed by atoms with Gasteiger partial charge in [-0.05, 0) is 25.5 Å². The van der Waals surface area contributed by atoms with Crippen molar-refractivity contribution in [2.45, 2.75) is 26.2 Å². The number of hydrogen-bond acceptors (Lipinski definition) is 3. The van der Waals surface area contributed by atoms with E-state index in [0.717, 1.165) is 27.8 Å². The lowest BCUT2D eigenvalue weighted by Gasteiger charge is -2.10. The van der Waals surface area contributed by atoms with E-state index in [0.29, 0.717) is 5.82 Å². The summed E-state index contributed by atoms with van der Waals surface area (Å²) in [5, 5.41) is 9.15. The average Bonchev–Trinajstić information content (AvgIpc) is 2.40. The third-order valence-corrected chi connectivity index (χ3v) is 3.59. The Balaban J connectivity index is 2.54. The molecule has 3 nitrogen and oxygen atoms in total. The van der Waals surface area contributed by atoms with Crippen molar-refractivity contribution in [1.82, 2.24) is 9.97 Å². The molecule has 0 aliphatic rings. The van der Waals surface area contributed by atoms with Gasteiger partial charge in [-0.15, -0.1) is 0 Å². The van der Waals surface area contributed by atoms with E-state index in [2.05, 4.69) is 32.0 Å². The van der Waals surface area contributed by atoms with Crippen molar-refractivity contribution in [3.63, 3.8) is 0 Å². The second-order valence-corrected chi connectivity index (χ2v) is 5.18. The van der Waals surface area contributed by atoms with E-state index < -0.39 is 0 Å². The molecule has 0 amide bonds. The van der Waals surface area contributed by atoms with Gasteiger partial charge in [-0.3, -0.25) is 0 Å². The fourth-order valence-corrected chi connectivity index (χ4v) is 2.37. The molecule has 0 saturated heterocycles. The van der Waals surface area contributed by atoms with Crippen molar-refractivity contribution in [2.24, 2.45) is 0 Å². The topological polar surface area (TPSA) is 49.6 Å². The second-order valence-electron chi connectivity index (χ2n) is 4.32. The molecule has 0 spiro atoms. The van der Waals surface area contributed by atoms with Crippen LogP contribution in [0, 0.1) is 18.3 Å². The maximum atomic E-state index is 9.15. The van der Waals surface area contributed by atoms with Gasteiger partial charge in [-0.1, -0.05) is 41.1 Å². The number of aryl methyl sites for hydroxylation is 1. The smallest absolute Gasteiger partial charge is 0.146 e. The quantitative estimate of drug-likeness (QED) is 0.851. The van der Waals surface area contributed by atoms with Crippen LogP contribution in [-0.2, 0) is 0 Å². The van der Waals surface area contributed by atoms with E-state index in [1.807, 2.05) is 44.2 Å². The van der Waals surface area contributed by atoms with Crippen molar-refractivity contribution in [2.75, 3.05) is 0 Å². The van der Waals surface area contributed by atoms with Crippen LogP contribution in [-0.4, -0.2) is 9.97 Å². The van der Waals surface area contributed by atoms with Gasteiger partial charge < -0.3 is 0 Å². The molecule has 0 aliphatic carbocycles. The molecule has 1 atom stereocenters. The molecule has 1 unspecified atom stereocenters. The van der Waals surface area contributed by atoms with Crippen molar-refractivity contribution < 1.29 is 0 Å². The normalized spacial score (nSPS) is 11.9. The van der Waals surface area contributed by atoms with Gasteiger partial charge >= 0.3 is 0 Å². The van der Waals surface area contributed by atoms with Crippen LogP contribution in [0.25, 0.3) is 11.3 Å². The number of rotatable bonds is 3. The molecule has 1 aromatic heterocycles. The Morgan fingerprint density at radius 1 is 1.32 bits per heavy atom. The van der Waals surface area contributed by atoms with Gasteiger partial charge in [0.1, 0.15) is 11.7 Å². The maximum absolute atomic E-state index is 9.15. The van der Waals surface area contributed by atoms with Crippen molar-refractivity contribution >= 4 is 15.9 Å². The molecule has 1 heterocycles. The first-order chi connectivity index (χ1) is 9.15. The predicted octanol–water partition coefficient (Wildman–Crippen LogP) is 4.23. The van der Waals surface area contributed by atoms with Gasteiger partial charge in [0.2, 0.25) is 0 Å². The van der Waals surface area contributed by atoms with Crippen LogP contribution in [0.1, 0.15) is 30.8 Å². The molecular formula is C15H14BrN3. The summed E-state index contributed by atoms with van der Waals surface area (Å²) in [7, 11) is 0. The first-order valence-electron chi connectivity index (χ1n) is 6.15. The molecule has 2 aromatic rings. The molecule has 0 aliphatic heterocycles. The average molecular weight is 316 g/mol. The van der Waals surface area contributed by atoms with Gasteiger partial charge in [-0.2, -0.15) is 5.26 Å². The van der Waals surface area contributed by atoms with E-state index >= 15 is 0 Å². The minimum atomic E-state index is -0.249. The lowest BCUT2D eigenvalue weighted by Crippen LogP contribution is -2.04. The Morgan fingerprint density at radius 3 is 2.68 bits per heavy atom. The number of aromatic nitrogens is 2. The van der Waals surface area contributed by atoms with E-state index in [1.54, 1.807) is 0 Å². The first kappa shape index (κ1) is 13.7. The van der Waals surface area contributed by atoms with Crippen LogP contribution in [0.15, 0.2) is 34.8 Å². The molecule has 96 valence electrons. The number of benzene rings is 1. The first-order valence-corrected chi connectivity index (χ1v) is 6.95. The second kappa shape index (κ2) is 5.94. The largest absolute Gasteiger partial charge is 0.237 e. The summed E-state index contributed by atoms with van der Waals surface area (Å²) < 4.78 is 0.990. The van der Waals surface area contributed by atoms with Gasteiger partial charge in [0.05, 0.1) is 11.8 Å². The highest BCUT2D eigenvalue weighted by Crippen LogP contribution is 2.28. The van der Waals surface area contributed by atoms with Gasteiger partial charge in [0.15, 0.2) is 0 Å². The van der Waals surface area contributed by atoms with Crippen LogP contribution >= 0.6 is 15.9 Å². The number of nitriles is 1. The molecule has 1 aromatic carbocycles. The van der Waals surface area contributed by atoms with Crippen molar-refractivity contribution in [3.8, 4) is 17.3 Å². The Hall–Kier alpha value is -1.73. The summed E-state index contributed by atoms with van der Waals surface area (Å²) in [6.45, 7) is 3.90. The molecular weight excluding hydrogens is 302 g/mol. The molecule has 0 bridgehead atoms. The van der Waals surface area contributed by atoms with E-state index in [1.165, 1.54) is 0 Å². The Kier molecular flexibility index (Phi) is 4.28. The fraction of sp³-hybridized carbons (Fsp3) is 0.267. The summed E-state index contributed by atoms with van der Waals surface area (Å²) >= 11 is 3.53. The van der Waals surface area contributed by atoms with Crippen LogP contribution in [0.2, 0.25) is 0 Å². The zero-order valence-electron chi connectivity index (χ0n) is 10.9. The van der Waals surface area contributed by atoms with Crippen molar-refractivity contribution in [3.05, 3.63) is 46.3 Å².